The fraction of sp³-hybridized carbons (Fsp3) is 0.571. The van der Waals surface area contributed by atoms with Crippen molar-refractivity contribution in [3.8, 4) is 11.5 Å². The lowest BCUT2D eigenvalue weighted by molar-refractivity contribution is 0.191. The molecule has 0 aliphatic carbocycles. The molecule has 124 valence electrons. The smallest absolute Gasteiger partial charge is 0.165 e. The number of benzene rings is 1. The number of nitrogens with one attached hydrogen (secondary N) is 2. The van der Waals surface area contributed by atoms with Crippen molar-refractivity contribution in [1.29, 1.82) is 0 Å². The molecule has 1 atom stereocenters. The highest BCUT2D eigenvalue weighted by Crippen LogP contribution is 2.30. The van der Waals surface area contributed by atoms with Crippen LogP contribution in [0.25, 0.3) is 0 Å². The van der Waals surface area contributed by atoms with E-state index in [9.17, 15) is 0 Å². The monoisotopic (exact) mass is 340 g/mol. The summed E-state index contributed by atoms with van der Waals surface area (Å²) in [6.07, 6.45) is -0.307. The molecule has 0 saturated heterocycles. The lowest BCUT2D eigenvalue weighted by Gasteiger charge is -2.13. The molecule has 1 aromatic carbocycles. The van der Waals surface area contributed by atoms with Crippen LogP contribution in [0, 0.1) is 0 Å². The van der Waals surface area contributed by atoms with E-state index in [1.54, 1.807) is 21.1 Å². The number of rotatable bonds is 9. The Balaban J connectivity index is 0. The summed E-state index contributed by atoms with van der Waals surface area (Å²) in [6.45, 7) is 4.74. The fourth-order valence-electron chi connectivity index (χ4n) is 1.80. The molecule has 7 heteroatoms. The van der Waals surface area contributed by atoms with Crippen molar-refractivity contribution < 1.29 is 14.6 Å². The van der Waals surface area contributed by atoms with Gasteiger partial charge in [0.2, 0.25) is 0 Å². The summed E-state index contributed by atoms with van der Waals surface area (Å²) in [4.78, 5) is 0. The Morgan fingerprint density at radius 2 is 1.76 bits per heavy atom. The van der Waals surface area contributed by atoms with Gasteiger partial charge in [0.25, 0.3) is 0 Å². The normalized spacial score (nSPS) is 11.0. The first-order valence-electron chi connectivity index (χ1n) is 6.48. The second-order valence-electron chi connectivity index (χ2n) is 4.38. The maximum absolute atomic E-state index is 9.10. The Hall–Kier alpha value is -0.720. The van der Waals surface area contributed by atoms with Crippen LogP contribution in [0.3, 0.4) is 0 Å². The number of aliphatic hydroxyl groups is 1. The van der Waals surface area contributed by atoms with Gasteiger partial charge in [0.05, 0.1) is 20.3 Å². The first-order valence-corrected chi connectivity index (χ1v) is 6.48. The van der Waals surface area contributed by atoms with Crippen LogP contribution in [0.4, 0.5) is 0 Å². The van der Waals surface area contributed by atoms with E-state index in [1.165, 1.54) is 0 Å². The molecule has 0 spiro atoms. The summed E-state index contributed by atoms with van der Waals surface area (Å²) in [5, 5.41) is 15.6. The van der Waals surface area contributed by atoms with Gasteiger partial charge in [-0.05, 0) is 13.0 Å². The summed E-state index contributed by atoms with van der Waals surface area (Å²) in [5.41, 5.74) is 1.07. The molecule has 21 heavy (non-hydrogen) atoms. The van der Waals surface area contributed by atoms with Gasteiger partial charge in [0.15, 0.2) is 11.5 Å². The number of hydrogen-bond acceptors (Lipinski definition) is 5. The van der Waals surface area contributed by atoms with Gasteiger partial charge in [0, 0.05) is 31.7 Å². The van der Waals surface area contributed by atoms with Crippen LogP contribution in [0.1, 0.15) is 12.5 Å². The zero-order valence-corrected chi connectivity index (χ0v) is 14.4. The summed E-state index contributed by atoms with van der Waals surface area (Å²) < 4.78 is 10.6. The Morgan fingerprint density at radius 1 is 1.10 bits per heavy atom. The maximum Gasteiger partial charge on any atom is 0.165 e. The Labute approximate surface area is 139 Å². The summed E-state index contributed by atoms with van der Waals surface area (Å²) in [5.74, 6) is 1.52. The average molecular weight is 341 g/mol. The summed E-state index contributed by atoms with van der Waals surface area (Å²) in [6, 6.07) is 5.84. The van der Waals surface area contributed by atoms with Crippen LogP contribution in [0.15, 0.2) is 18.2 Å². The standard InChI is InChI=1S/C14H24N2O3.2ClH/c1-11(17)9-15-7-8-16-10-12-5-4-6-13(18-2)14(12)19-3;;/h4-6,11,15-17H,7-10H2,1-3H3;2*1H. The van der Waals surface area contributed by atoms with Gasteiger partial charge < -0.3 is 25.2 Å². The number of ether oxygens (including phenoxy) is 2. The third-order valence-corrected chi connectivity index (χ3v) is 2.72. The first kappa shape index (κ1) is 22.6. The van der Waals surface area contributed by atoms with Crippen molar-refractivity contribution in [3.05, 3.63) is 23.8 Å². The van der Waals surface area contributed by atoms with Gasteiger partial charge in [-0.15, -0.1) is 24.8 Å². The van der Waals surface area contributed by atoms with Gasteiger partial charge >= 0.3 is 0 Å². The summed E-state index contributed by atoms with van der Waals surface area (Å²) in [7, 11) is 3.28. The molecule has 0 amide bonds. The van der Waals surface area contributed by atoms with Gasteiger partial charge in [-0.2, -0.15) is 0 Å². The van der Waals surface area contributed by atoms with Gasteiger partial charge in [0.1, 0.15) is 0 Å². The molecule has 1 aromatic rings. The molecule has 0 saturated carbocycles. The molecule has 0 heterocycles. The molecule has 0 aliphatic heterocycles. The summed E-state index contributed by atoms with van der Waals surface area (Å²) >= 11 is 0. The van der Waals surface area contributed by atoms with Crippen molar-refractivity contribution in [2.45, 2.75) is 19.6 Å². The van der Waals surface area contributed by atoms with Crippen LogP contribution in [0.5, 0.6) is 11.5 Å². The third-order valence-electron chi connectivity index (χ3n) is 2.72. The van der Waals surface area contributed by atoms with Crippen molar-refractivity contribution in [2.75, 3.05) is 33.9 Å². The third kappa shape index (κ3) is 8.34. The maximum atomic E-state index is 9.10. The highest BCUT2D eigenvalue weighted by atomic mass is 35.5. The second-order valence-corrected chi connectivity index (χ2v) is 4.38. The van der Waals surface area contributed by atoms with Crippen molar-refractivity contribution in [3.63, 3.8) is 0 Å². The van der Waals surface area contributed by atoms with Crippen LogP contribution in [-0.2, 0) is 6.54 Å². The zero-order valence-electron chi connectivity index (χ0n) is 12.7. The van der Waals surface area contributed by atoms with Crippen LogP contribution in [0.2, 0.25) is 0 Å². The minimum atomic E-state index is -0.307. The highest BCUT2D eigenvalue weighted by molar-refractivity contribution is 5.85. The molecule has 1 rings (SSSR count). The van der Waals surface area contributed by atoms with Crippen LogP contribution in [-0.4, -0.2) is 45.1 Å². The molecule has 0 radical (unpaired) electrons. The fourth-order valence-corrected chi connectivity index (χ4v) is 1.80. The number of hydrogen-bond donors (Lipinski definition) is 3. The molecule has 5 nitrogen and oxygen atoms in total. The number of methoxy groups -OCH3 is 2. The molecule has 3 N–H and O–H groups in total. The van der Waals surface area contributed by atoms with E-state index in [-0.39, 0.29) is 30.9 Å². The van der Waals surface area contributed by atoms with E-state index in [0.29, 0.717) is 6.54 Å². The molecule has 0 fully saturated rings. The van der Waals surface area contributed by atoms with Gasteiger partial charge in [-0.3, -0.25) is 0 Å². The van der Waals surface area contributed by atoms with E-state index >= 15 is 0 Å². The molecule has 0 aliphatic rings. The largest absolute Gasteiger partial charge is 0.493 e. The minimum Gasteiger partial charge on any atom is -0.493 e. The van der Waals surface area contributed by atoms with E-state index in [2.05, 4.69) is 10.6 Å². The van der Waals surface area contributed by atoms with Crippen molar-refractivity contribution >= 4 is 24.8 Å². The van der Waals surface area contributed by atoms with E-state index in [1.807, 2.05) is 18.2 Å². The average Bonchev–Trinajstić information content (AvgIpc) is 2.41. The topological polar surface area (TPSA) is 62.8 Å². The Morgan fingerprint density at radius 3 is 2.33 bits per heavy atom. The second kappa shape index (κ2) is 13.0. The quantitative estimate of drug-likeness (QED) is 0.596. The van der Waals surface area contributed by atoms with Gasteiger partial charge in [-0.25, -0.2) is 0 Å². The number of para-hydroxylation sites is 1. The predicted octanol–water partition coefficient (Wildman–Crippen LogP) is 1.61. The zero-order chi connectivity index (χ0) is 14.1. The van der Waals surface area contributed by atoms with Crippen LogP contribution < -0.4 is 20.1 Å². The molecule has 1 unspecified atom stereocenters. The first-order chi connectivity index (χ1) is 9.19. The Bertz CT molecular complexity index is 379. The predicted molar refractivity (Wildman–Crippen MR) is 90.3 cm³/mol. The van der Waals surface area contributed by atoms with E-state index in [0.717, 1.165) is 36.7 Å². The lowest BCUT2D eigenvalue weighted by atomic mass is 10.2. The molecular formula is C14H26Cl2N2O3. The molecule has 0 aromatic heterocycles. The molecular weight excluding hydrogens is 315 g/mol. The minimum absolute atomic E-state index is 0. The Kier molecular flexibility index (Phi) is 13.9. The van der Waals surface area contributed by atoms with Crippen molar-refractivity contribution in [2.24, 2.45) is 0 Å². The highest BCUT2D eigenvalue weighted by Gasteiger charge is 2.08. The SMILES string of the molecule is COc1cccc(CNCCNCC(C)O)c1OC.Cl.Cl. The number of halogens is 2. The molecule has 0 bridgehead atoms. The van der Waals surface area contributed by atoms with E-state index in [4.69, 9.17) is 14.6 Å². The lowest BCUT2D eigenvalue weighted by Crippen LogP contribution is -2.31. The van der Waals surface area contributed by atoms with Gasteiger partial charge in [-0.1, -0.05) is 12.1 Å². The van der Waals surface area contributed by atoms with E-state index < -0.39 is 0 Å². The van der Waals surface area contributed by atoms with Crippen LogP contribution >= 0.6 is 24.8 Å². The van der Waals surface area contributed by atoms with Crippen molar-refractivity contribution in [1.82, 2.24) is 10.6 Å². The number of aliphatic hydroxyl groups excluding tert-OH is 1.